The fourth-order valence-corrected chi connectivity index (χ4v) is 3.67. The highest BCUT2D eigenvalue weighted by atomic mass is 32.2. The van der Waals surface area contributed by atoms with E-state index in [4.69, 9.17) is 5.73 Å². The molecule has 1 aromatic carbocycles. The lowest BCUT2D eigenvalue weighted by molar-refractivity contribution is 0.590. The van der Waals surface area contributed by atoms with Crippen molar-refractivity contribution in [2.24, 2.45) is 0 Å². The third-order valence-electron chi connectivity index (χ3n) is 3.25. The maximum absolute atomic E-state index is 13.3. The third-order valence-corrected chi connectivity index (χ3v) is 5.01. The van der Waals surface area contributed by atoms with E-state index in [1.165, 1.54) is 30.5 Å². The Kier molecular flexibility index (Phi) is 2.63. The lowest BCUT2D eigenvalue weighted by Crippen LogP contribution is -2.06. The van der Waals surface area contributed by atoms with Gasteiger partial charge in [0.25, 0.3) is 0 Å². The Hall–Kier alpha value is -1.82. The van der Waals surface area contributed by atoms with Crippen LogP contribution in [0.4, 0.5) is 10.1 Å². The minimum absolute atomic E-state index is 0.0403. The second-order valence-electron chi connectivity index (χ2n) is 4.76. The molecule has 19 heavy (non-hydrogen) atoms. The summed E-state index contributed by atoms with van der Waals surface area (Å²) in [5.41, 5.74) is 6.45. The van der Waals surface area contributed by atoms with Crippen molar-refractivity contribution in [2.45, 2.75) is 28.7 Å². The lowest BCUT2D eigenvalue weighted by Gasteiger charge is -2.08. The van der Waals surface area contributed by atoms with Crippen LogP contribution in [0.25, 0.3) is 0 Å². The van der Waals surface area contributed by atoms with Crippen LogP contribution in [0.15, 0.2) is 40.4 Å². The number of nitrogens with one attached hydrogen (secondary N) is 1. The van der Waals surface area contributed by atoms with Gasteiger partial charge in [0.1, 0.15) is 10.8 Å². The zero-order valence-corrected chi connectivity index (χ0v) is 10.9. The van der Waals surface area contributed by atoms with Crippen LogP contribution >= 0.6 is 0 Å². The molecule has 1 saturated carbocycles. The quantitative estimate of drug-likeness (QED) is 0.848. The Balaban J connectivity index is 2.16. The number of anilines is 1. The number of halogens is 1. The molecule has 1 aliphatic carbocycles. The number of nitrogen functional groups attached to an aromatic ring is 1. The molecule has 3 N–H and O–H groups in total. The third kappa shape index (κ3) is 2.12. The molecule has 2 aromatic rings. The minimum Gasteiger partial charge on any atom is -0.397 e. The van der Waals surface area contributed by atoms with Gasteiger partial charge in [-0.2, -0.15) is 0 Å². The van der Waals surface area contributed by atoms with Crippen molar-refractivity contribution in [2.75, 3.05) is 5.73 Å². The monoisotopic (exact) mass is 280 g/mol. The number of nitrogens with two attached hydrogens (primary N) is 1. The highest BCUT2D eigenvalue weighted by Crippen LogP contribution is 2.44. The van der Waals surface area contributed by atoms with E-state index in [1.807, 2.05) is 0 Å². The van der Waals surface area contributed by atoms with E-state index in [9.17, 15) is 12.8 Å². The van der Waals surface area contributed by atoms with E-state index in [-0.39, 0.29) is 15.8 Å². The zero-order chi connectivity index (χ0) is 13.6. The summed E-state index contributed by atoms with van der Waals surface area (Å²) in [6.07, 6.45) is 3.23. The molecular formula is C13H13FN2O2S. The first kappa shape index (κ1) is 12.2. The topological polar surface area (TPSA) is 76.0 Å². The smallest absolute Gasteiger partial charge is 0.222 e. The summed E-state index contributed by atoms with van der Waals surface area (Å²) >= 11 is 0. The van der Waals surface area contributed by atoms with Crippen LogP contribution in [0.3, 0.4) is 0 Å². The van der Waals surface area contributed by atoms with Crippen LogP contribution in [0.5, 0.6) is 0 Å². The predicted octanol–water partition coefficient (Wildman–Crippen LogP) is 2.45. The minimum atomic E-state index is -3.67. The predicted molar refractivity (Wildman–Crippen MR) is 69.0 cm³/mol. The lowest BCUT2D eigenvalue weighted by atomic mass is 10.1. The van der Waals surface area contributed by atoms with E-state index in [1.54, 1.807) is 0 Å². The second kappa shape index (κ2) is 4.09. The Morgan fingerprint density at radius 3 is 2.58 bits per heavy atom. The normalized spacial score (nSPS) is 15.6. The van der Waals surface area contributed by atoms with Crippen molar-refractivity contribution in [1.82, 2.24) is 4.98 Å². The Bertz CT molecular complexity index is 733. The molecule has 1 aromatic heterocycles. The number of hydrogen-bond acceptors (Lipinski definition) is 3. The molecule has 1 fully saturated rings. The maximum Gasteiger partial charge on any atom is 0.222 e. The second-order valence-corrected chi connectivity index (χ2v) is 6.64. The molecule has 0 atom stereocenters. The summed E-state index contributed by atoms with van der Waals surface area (Å²) in [7, 11) is -3.67. The van der Waals surface area contributed by atoms with Crippen LogP contribution in [-0.2, 0) is 9.84 Å². The van der Waals surface area contributed by atoms with Gasteiger partial charge in [0.05, 0.1) is 10.6 Å². The molecule has 1 aliphatic rings. The van der Waals surface area contributed by atoms with Gasteiger partial charge in [-0.15, -0.1) is 0 Å². The number of hydrogen-bond donors (Lipinski definition) is 2. The molecular weight excluding hydrogens is 267 g/mol. The summed E-state index contributed by atoms with van der Waals surface area (Å²) in [4.78, 5) is 2.80. The number of aromatic nitrogens is 1. The van der Waals surface area contributed by atoms with Crippen LogP contribution in [-0.4, -0.2) is 13.4 Å². The number of H-pyrrole nitrogens is 1. The van der Waals surface area contributed by atoms with Crippen LogP contribution < -0.4 is 5.73 Å². The van der Waals surface area contributed by atoms with Crippen LogP contribution in [0.2, 0.25) is 0 Å². The summed E-state index contributed by atoms with van der Waals surface area (Å²) in [5, 5.41) is 0.0403. The average Bonchev–Trinajstić information content (AvgIpc) is 3.11. The Morgan fingerprint density at radius 1 is 1.26 bits per heavy atom. The summed E-state index contributed by atoms with van der Waals surface area (Å²) in [6, 6.07) is 5.19. The molecule has 0 spiro atoms. The van der Waals surface area contributed by atoms with E-state index < -0.39 is 15.7 Å². The van der Waals surface area contributed by atoms with E-state index >= 15 is 0 Å². The Labute approximate surface area is 110 Å². The van der Waals surface area contributed by atoms with Gasteiger partial charge in [-0.25, -0.2) is 12.8 Å². The van der Waals surface area contributed by atoms with Crippen LogP contribution in [0.1, 0.15) is 24.3 Å². The molecule has 0 saturated heterocycles. The molecule has 0 unspecified atom stereocenters. The molecule has 100 valence electrons. The van der Waals surface area contributed by atoms with E-state index in [2.05, 4.69) is 4.98 Å². The highest BCUT2D eigenvalue weighted by molar-refractivity contribution is 7.91. The van der Waals surface area contributed by atoms with E-state index in [0.717, 1.165) is 12.8 Å². The van der Waals surface area contributed by atoms with Crippen molar-refractivity contribution in [3.05, 3.63) is 41.8 Å². The van der Waals surface area contributed by atoms with Crippen molar-refractivity contribution >= 4 is 15.5 Å². The largest absolute Gasteiger partial charge is 0.397 e. The summed E-state index contributed by atoms with van der Waals surface area (Å²) < 4.78 is 38.3. The van der Waals surface area contributed by atoms with Gasteiger partial charge in [0.15, 0.2) is 0 Å². The molecule has 3 rings (SSSR count). The first-order valence-corrected chi connectivity index (χ1v) is 7.45. The van der Waals surface area contributed by atoms with Gasteiger partial charge >= 0.3 is 0 Å². The number of sulfone groups is 1. The van der Waals surface area contributed by atoms with Gasteiger partial charge < -0.3 is 10.7 Å². The summed E-state index contributed by atoms with van der Waals surface area (Å²) in [6.45, 7) is 0. The van der Waals surface area contributed by atoms with E-state index in [0.29, 0.717) is 11.3 Å². The number of rotatable bonds is 3. The van der Waals surface area contributed by atoms with Gasteiger partial charge in [-0.05, 0) is 48.6 Å². The highest BCUT2D eigenvalue weighted by Gasteiger charge is 2.32. The van der Waals surface area contributed by atoms with Gasteiger partial charge in [0, 0.05) is 6.20 Å². The Morgan fingerprint density at radius 2 is 2.00 bits per heavy atom. The molecule has 0 amide bonds. The number of aromatic amines is 1. The molecule has 4 nitrogen and oxygen atoms in total. The van der Waals surface area contributed by atoms with Crippen molar-refractivity contribution < 1.29 is 12.8 Å². The summed E-state index contributed by atoms with van der Waals surface area (Å²) in [5.74, 6) is -0.264. The molecule has 0 radical (unpaired) electrons. The fraction of sp³-hybridized carbons (Fsp3) is 0.231. The molecule has 0 aliphatic heterocycles. The van der Waals surface area contributed by atoms with Gasteiger partial charge in [-0.1, -0.05) is 0 Å². The van der Waals surface area contributed by atoms with Gasteiger partial charge in [0.2, 0.25) is 9.84 Å². The van der Waals surface area contributed by atoms with Crippen molar-refractivity contribution in [1.29, 1.82) is 0 Å². The molecule has 0 bridgehead atoms. The van der Waals surface area contributed by atoms with Crippen molar-refractivity contribution in [3.63, 3.8) is 0 Å². The average molecular weight is 280 g/mol. The first-order chi connectivity index (χ1) is 8.98. The maximum atomic E-state index is 13.3. The van der Waals surface area contributed by atoms with Crippen LogP contribution in [0, 0.1) is 5.82 Å². The van der Waals surface area contributed by atoms with Crippen molar-refractivity contribution in [3.8, 4) is 0 Å². The molecule has 1 heterocycles. The fourth-order valence-electron chi connectivity index (χ4n) is 2.14. The zero-order valence-electron chi connectivity index (χ0n) is 10.1. The number of benzene rings is 1. The first-order valence-electron chi connectivity index (χ1n) is 5.97. The standard InChI is InChI=1S/C13H13FN2O2S/c14-9-3-4-12(11(5-9)8-1-2-8)19(17,18)13-6-10(15)7-16-13/h3-8,16H,1-2,15H2. The SMILES string of the molecule is Nc1c[nH]c(S(=O)(=O)c2ccc(F)cc2C2CC2)c1. The van der Waals surface area contributed by atoms with Gasteiger partial charge in [-0.3, -0.25) is 0 Å². The molecule has 6 heteroatoms.